The van der Waals surface area contributed by atoms with Gasteiger partial charge in [-0.2, -0.15) is 0 Å². The smallest absolute Gasteiger partial charge is 0.126 e. The van der Waals surface area contributed by atoms with Gasteiger partial charge in [-0.25, -0.2) is 4.39 Å². The fourth-order valence-electron chi connectivity index (χ4n) is 2.39. The Morgan fingerprint density at radius 3 is 2.93 bits per heavy atom. The molecule has 1 aliphatic rings. The van der Waals surface area contributed by atoms with Crippen molar-refractivity contribution < 1.29 is 4.39 Å². The molecule has 0 radical (unpaired) electrons. The Balaban J connectivity index is 2.00. The molecule has 0 spiro atoms. The van der Waals surface area contributed by atoms with Crippen LogP contribution in [0, 0.1) is 5.82 Å². The van der Waals surface area contributed by atoms with E-state index < -0.39 is 0 Å². The summed E-state index contributed by atoms with van der Waals surface area (Å²) in [7, 11) is 0. The van der Waals surface area contributed by atoms with Crippen molar-refractivity contribution in [3.05, 3.63) is 35.6 Å². The molecule has 0 amide bonds. The molecule has 0 aromatic heterocycles. The average molecular weight is 207 g/mol. The van der Waals surface area contributed by atoms with Crippen LogP contribution < -0.4 is 5.32 Å². The normalized spacial score (nSPS) is 22.9. The fourth-order valence-corrected chi connectivity index (χ4v) is 2.39. The van der Waals surface area contributed by atoms with Crippen molar-refractivity contribution in [2.24, 2.45) is 0 Å². The van der Waals surface area contributed by atoms with Crippen LogP contribution in [0.3, 0.4) is 0 Å². The van der Waals surface area contributed by atoms with Crippen molar-refractivity contribution in [3.8, 4) is 0 Å². The molecule has 2 rings (SSSR count). The van der Waals surface area contributed by atoms with Gasteiger partial charge in [0.1, 0.15) is 5.82 Å². The van der Waals surface area contributed by atoms with Crippen molar-refractivity contribution in [2.45, 2.75) is 38.1 Å². The lowest BCUT2D eigenvalue weighted by Crippen LogP contribution is -2.23. The number of hydrogen-bond donors (Lipinski definition) is 1. The van der Waals surface area contributed by atoms with Crippen molar-refractivity contribution in [1.82, 2.24) is 5.32 Å². The van der Waals surface area contributed by atoms with E-state index in [2.05, 4.69) is 12.2 Å². The zero-order valence-electron chi connectivity index (χ0n) is 9.17. The summed E-state index contributed by atoms with van der Waals surface area (Å²) in [5, 5.41) is 3.45. The van der Waals surface area contributed by atoms with Crippen LogP contribution in [0.4, 0.5) is 4.39 Å². The molecule has 0 aliphatic carbocycles. The molecule has 2 heteroatoms. The van der Waals surface area contributed by atoms with Gasteiger partial charge in [-0.3, -0.25) is 0 Å². The number of benzene rings is 1. The van der Waals surface area contributed by atoms with Gasteiger partial charge in [0.2, 0.25) is 0 Å². The van der Waals surface area contributed by atoms with E-state index in [1.54, 1.807) is 12.1 Å². The molecule has 0 bridgehead atoms. The first kappa shape index (κ1) is 10.6. The lowest BCUT2D eigenvalue weighted by molar-refractivity contribution is 0.493. The molecule has 82 valence electrons. The first-order valence-corrected chi connectivity index (χ1v) is 5.75. The molecule has 1 aromatic carbocycles. The lowest BCUT2D eigenvalue weighted by Gasteiger charge is -2.17. The molecule has 2 atom stereocenters. The Labute approximate surface area is 90.7 Å². The maximum atomic E-state index is 13.5. The van der Waals surface area contributed by atoms with E-state index in [4.69, 9.17) is 0 Å². The highest BCUT2D eigenvalue weighted by molar-refractivity contribution is 5.21. The first-order valence-electron chi connectivity index (χ1n) is 5.75. The van der Waals surface area contributed by atoms with E-state index in [1.807, 2.05) is 12.1 Å². The highest BCUT2D eigenvalue weighted by Crippen LogP contribution is 2.25. The van der Waals surface area contributed by atoms with Crippen molar-refractivity contribution in [1.29, 1.82) is 0 Å². The monoisotopic (exact) mass is 207 g/mol. The van der Waals surface area contributed by atoms with E-state index in [1.165, 1.54) is 12.8 Å². The highest BCUT2D eigenvalue weighted by atomic mass is 19.1. The predicted molar refractivity (Wildman–Crippen MR) is 60.5 cm³/mol. The molecule has 1 aliphatic heterocycles. The van der Waals surface area contributed by atoms with Crippen molar-refractivity contribution in [3.63, 3.8) is 0 Å². The summed E-state index contributed by atoms with van der Waals surface area (Å²) in [4.78, 5) is 0. The molecule has 2 unspecified atom stereocenters. The van der Waals surface area contributed by atoms with Crippen LogP contribution in [0.1, 0.15) is 37.7 Å². The Kier molecular flexibility index (Phi) is 3.37. The second-order valence-electron chi connectivity index (χ2n) is 4.45. The minimum absolute atomic E-state index is 0.0667. The summed E-state index contributed by atoms with van der Waals surface area (Å²) in [5.74, 6) is 0.241. The third-order valence-electron chi connectivity index (χ3n) is 3.24. The zero-order valence-corrected chi connectivity index (χ0v) is 9.17. The summed E-state index contributed by atoms with van der Waals surface area (Å²) in [6.07, 6.45) is 3.54. The SMILES string of the molecule is CC(CC1CCCN1)c1ccccc1F. The maximum absolute atomic E-state index is 13.5. The van der Waals surface area contributed by atoms with Crippen molar-refractivity contribution in [2.75, 3.05) is 6.54 Å². The molecule has 1 nitrogen and oxygen atoms in total. The Morgan fingerprint density at radius 1 is 1.47 bits per heavy atom. The van der Waals surface area contributed by atoms with E-state index in [-0.39, 0.29) is 5.82 Å². The summed E-state index contributed by atoms with van der Waals surface area (Å²) >= 11 is 0. The molecule has 1 N–H and O–H groups in total. The lowest BCUT2D eigenvalue weighted by atomic mass is 9.93. The quantitative estimate of drug-likeness (QED) is 0.803. The summed E-state index contributed by atoms with van der Waals surface area (Å²) in [5.41, 5.74) is 0.853. The minimum Gasteiger partial charge on any atom is -0.314 e. The van der Waals surface area contributed by atoms with E-state index in [9.17, 15) is 4.39 Å². The second-order valence-corrected chi connectivity index (χ2v) is 4.45. The third-order valence-corrected chi connectivity index (χ3v) is 3.24. The average Bonchev–Trinajstić information content (AvgIpc) is 2.71. The van der Waals surface area contributed by atoms with Gasteiger partial charge in [-0.05, 0) is 43.4 Å². The second kappa shape index (κ2) is 4.75. The fraction of sp³-hybridized carbons (Fsp3) is 0.538. The largest absolute Gasteiger partial charge is 0.314 e. The zero-order chi connectivity index (χ0) is 10.7. The molecule has 1 heterocycles. The van der Waals surface area contributed by atoms with Crippen LogP contribution in [0.15, 0.2) is 24.3 Å². The van der Waals surface area contributed by atoms with Crippen LogP contribution in [-0.4, -0.2) is 12.6 Å². The van der Waals surface area contributed by atoms with Gasteiger partial charge in [0.25, 0.3) is 0 Å². The molecule has 0 saturated carbocycles. The Hall–Kier alpha value is -0.890. The number of hydrogen-bond acceptors (Lipinski definition) is 1. The van der Waals surface area contributed by atoms with Gasteiger partial charge in [0.05, 0.1) is 0 Å². The summed E-state index contributed by atoms with van der Waals surface area (Å²) < 4.78 is 13.5. The third kappa shape index (κ3) is 2.57. The first-order chi connectivity index (χ1) is 7.27. The van der Waals surface area contributed by atoms with Crippen molar-refractivity contribution >= 4 is 0 Å². The van der Waals surface area contributed by atoms with Gasteiger partial charge in [0, 0.05) is 6.04 Å². The summed E-state index contributed by atoms with van der Waals surface area (Å²) in [6.45, 7) is 3.23. The number of halogens is 1. The van der Waals surface area contributed by atoms with E-state index in [0.29, 0.717) is 12.0 Å². The number of nitrogens with one attached hydrogen (secondary N) is 1. The van der Waals surface area contributed by atoms with Crippen LogP contribution in [-0.2, 0) is 0 Å². The van der Waals surface area contributed by atoms with Crippen LogP contribution >= 0.6 is 0 Å². The predicted octanol–water partition coefficient (Wildman–Crippen LogP) is 3.07. The minimum atomic E-state index is -0.0667. The van der Waals surface area contributed by atoms with E-state index in [0.717, 1.165) is 18.5 Å². The van der Waals surface area contributed by atoms with Gasteiger partial charge in [-0.1, -0.05) is 25.1 Å². The maximum Gasteiger partial charge on any atom is 0.126 e. The van der Waals surface area contributed by atoms with Gasteiger partial charge in [-0.15, -0.1) is 0 Å². The molecular weight excluding hydrogens is 189 g/mol. The molecule has 1 fully saturated rings. The molecule has 1 saturated heterocycles. The van der Waals surface area contributed by atoms with Crippen LogP contribution in [0.5, 0.6) is 0 Å². The van der Waals surface area contributed by atoms with E-state index >= 15 is 0 Å². The molecular formula is C13H18FN. The van der Waals surface area contributed by atoms with Crippen LogP contribution in [0.2, 0.25) is 0 Å². The molecule has 15 heavy (non-hydrogen) atoms. The Bertz CT molecular complexity index is 318. The Morgan fingerprint density at radius 2 is 2.27 bits per heavy atom. The highest BCUT2D eigenvalue weighted by Gasteiger charge is 2.19. The van der Waals surface area contributed by atoms with Gasteiger partial charge < -0.3 is 5.32 Å². The number of rotatable bonds is 3. The van der Waals surface area contributed by atoms with Gasteiger partial charge >= 0.3 is 0 Å². The molecule has 1 aromatic rings. The topological polar surface area (TPSA) is 12.0 Å². The van der Waals surface area contributed by atoms with Crippen LogP contribution in [0.25, 0.3) is 0 Å². The standard InChI is InChI=1S/C13H18FN/c1-10(9-11-5-4-8-15-11)12-6-2-3-7-13(12)14/h2-3,6-7,10-11,15H,4-5,8-9H2,1H3. The van der Waals surface area contributed by atoms with Gasteiger partial charge in [0.15, 0.2) is 0 Å². The summed E-state index contributed by atoms with van der Waals surface area (Å²) in [6, 6.07) is 7.69.